The number of hydrogen-bond acceptors (Lipinski definition) is 8. The highest BCUT2D eigenvalue weighted by molar-refractivity contribution is 5.81. The van der Waals surface area contributed by atoms with Crippen LogP contribution in [0.4, 0.5) is 5.82 Å². The van der Waals surface area contributed by atoms with Crippen LogP contribution in [-0.4, -0.2) is 59.8 Å². The first-order chi connectivity index (χ1) is 13.1. The van der Waals surface area contributed by atoms with Gasteiger partial charge >= 0.3 is 0 Å². The van der Waals surface area contributed by atoms with Gasteiger partial charge < -0.3 is 25.8 Å². The van der Waals surface area contributed by atoms with E-state index < -0.39 is 24.5 Å². The van der Waals surface area contributed by atoms with Gasteiger partial charge in [0.2, 0.25) is 0 Å². The molecule has 3 rings (SSSR count). The summed E-state index contributed by atoms with van der Waals surface area (Å²) in [5.41, 5.74) is 6.92. The fraction of sp³-hybridized carbons (Fsp3) is 0.722. The first-order valence-electron chi connectivity index (χ1n) is 9.68. The van der Waals surface area contributed by atoms with E-state index in [9.17, 15) is 15.3 Å². The largest absolute Gasteiger partial charge is 0.394 e. The number of imidazole rings is 1. The molecule has 0 bridgehead atoms. The van der Waals surface area contributed by atoms with Crippen molar-refractivity contribution in [2.45, 2.75) is 76.4 Å². The first-order valence-corrected chi connectivity index (χ1v) is 9.68. The second kappa shape index (κ2) is 8.92. The molecule has 0 aromatic carbocycles. The van der Waals surface area contributed by atoms with E-state index in [1.165, 1.54) is 32.0 Å². The number of aromatic nitrogens is 4. The molecule has 2 aromatic rings. The maximum Gasteiger partial charge on any atom is 0.167 e. The van der Waals surface area contributed by atoms with E-state index in [0.717, 1.165) is 12.8 Å². The number of nitrogens with two attached hydrogens (primary N) is 1. The molecular formula is C18H29N5O4. The number of unbranched alkanes of at least 4 members (excludes halogenated alkanes) is 5. The number of nitrogens with zero attached hydrogens (tertiary/aromatic N) is 4. The molecule has 4 atom stereocenters. The summed E-state index contributed by atoms with van der Waals surface area (Å²) in [7, 11) is 0. The number of anilines is 1. The number of hydrogen-bond donors (Lipinski definition) is 4. The van der Waals surface area contributed by atoms with E-state index in [1.54, 1.807) is 4.57 Å². The summed E-state index contributed by atoms with van der Waals surface area (Å²) in [6.07, 6.45) is 5.09. The topological polar surface area (TPSA) is 140 Å². The molecule has 0 aliphatic carbocycles. The molecule has 1 saturated heterocycles. The van der Waals surface area contributed by atoms with Crippen LogP contribution in [0, 0.1) is 0 Å². The van der Waals surface area contributed by atoms with Crippen molar-refractivity contribution in [3.8, 4) is 0 Å². The van der Waals surface area contributed by atoms with Gasteiger partial charge in [0, 0.05) is 6.42 Å². The highest BCUT2D eigenvalue weighted by Gasteiger charge is 2.44. The monoisotopic (exact) mass is 379 g/mol. The van der Waals surface area contributed by atoms with Crippen molar-refractivity contribution in [3.63, 3.8) is 0 Å². The van der Waals surface area contributed by atoms with Crippen LogP contribution in [0.1, 0.15) is 57.5 Å². The normalized spacial score (nSPS) is 25.5. The van der Waals surface area contributed by atoms with Gasteiger partial charge in [-0.15, -0.1) is 0 Å². The summed E-state index contributed by atoms with van der Waals surface area (Å²) < 4.78 is 7.12. The summed E-state index contributed by atoms with van der Waals surface area (Å²) in [4.78, 5) is 13.1. The van der Waals surface area contributed by atoms with E-state index >= 15 is 0 Å². The number of aliphatic hydroxyl groups is 3. The molecule has 1 fully saturated rings. The van der Waals surface area contributed by atoms with Crippen LogP contribution >= 0.6 is 0 Å². The molecular weight excluding hydrogens is 350 g/mol. The van der Waals surface area contributed by atoms with Gasteiger partial charge in [-0.05, 0) is 6.42 Å². The van der Waals surface area contributed by atoms with Crippen molar-refractivity contribution in [1.29, 1.82) is 0 Å². The van der Waals surface area contributed by atoms with Crippen molar-refractivity contribution >= 4 is 17.0 Å². The van der Waals surface area contributed by atoms with Crippen LogP contribution < -0.4 is 5.73 Å². The maximum absolute atomic E-state index is 10.3. The third-order valence-electron chi connectivity index (χ3n) is 5.04. The van der Waals surface area contributed by atoms with Crippen molar-refractivity contribution < 1.29 is 20.1 Å². The van der Waals surface area contributed by atoms with Gasteiger partial charge in [0.15, 0.2) is 17.7 Å². The summed E-state index contributed by atoms with van der Waals surface area (Å²) in [6.45, 7) is 1.81. The van der Waals surface area contributed by atoms with Gasteiger partial charge in [-0.1, -0.05) is 39.0 Å². The number of aryl methyl sites for hydroxylation is 1. The molecule has 0 saturated carbocycles. The molecule has 9 nitrogen and oxygen atoms in total. The third kappa shape index (κ3) is 4.21. The lowest BCUT2D eigenvalue weighted by Gasteiger charge is -2.16. The molecule has 3 heterocycles. The molecule has 2 aromatic heterocycles. The lowest BCUT2D eigenvalue weighted by molar-refractivity contribution is -0.0511. The quantitative estimate of drug-likeness (QED) is 0.472. The highest BCUT2D eigenvalue weighted by Crippen LogP contribution is 2.32. The second-order valence-corrected chi connectivity index (χ2v) is 7.10. The number of ether oxygens (including phenoxy) is 1. The molecule has 1 aliphatic rings. The zero-order valence-corrected chi connectivity index (χ0v) is 15.7. The SMILES string of the molecule is CCCCCCCCc1nc(N)c2ncn(C3O[C@H](CO)[C@@H](O)[C@H]3O)c2n1. The van der Waals surface area contributed by atoms with Gasteiger partial charge in [-0.2, -0.15) is 0 Å². The van der Waals surface area contributed by atoms with Gasteiger partial charge in [-0.25, -0.2) is 15.0 Å². The molecule has 9 heteroatoms. The van der Waals surface area contributed by atoms with E-state index in [0.29, 0.717) is 23.4 Å². The Labute approximate surface area is 158 Å². The minimum Gasteiger partial charge on any atom is -0.394 e. The lowest BCUT2D eigenvalue weighted by Crippen LogP contribution is -2.33. The van der Waals surface area contributed by atoms with Crippen LogP contribution in [-0.2, 0) is 11.2 Å². The Morgan fingerprint density at radius 2 is 1.85 bits per heavy atom. The first kappa shape index (κ1) is 19.9. The Balaban J connectivity index is 1.75. The van der Waals surface area contributed by atoms with Gasteiger partial charge in [-0.3, -0.25) is 4.57 Å². The molecule has 27 heavy (non-hydrogen) atoms. The molecule has 1 unspecified atom stereocenters. The molecule has 5 N–H and O–H groups in total. The Bertz CT molecular complexity index is 753. The lowest BCUT2D eigenvalue weighted by atomic mass is 10.1. The summed E-state index contributed by atoms with van der Waals surface area (Å²) >= 11 is 0. The Morgan fingerprint density at radius 1 is 1.11 bits per heavy atom. The van der Waals surface area contributed by atoms with E-state index in [1.807, 2.05) is 0 Å². The van der Waals surface area contributed by atoms with E-state index in [4.69, 9.17) is 10.5 Å². The second-order valence-electron chi connectivity index (χ2n) is 7.10. The van der Waals surface area contributed by atoms with Crippen molar-refractivity contribution in [2.24, 2.45) is 0 Å². The van der Waals surface area contributed by atoms with Gasteiger partial charge in [0.1, 0.15) is 29.7 Å². The number of fused-ring (bicyclic) bond motifs is 1. The predicted octanol–water partition coefficient (Wildman–Crippen LogP) is 0.923. The molecule has 0 spiro atoms. The van der Waals surface area contributed by atoms with Gasteiger partial charge in [0.05, 0.1) is 12.9 Å². The standard InChI is InChI=1S/C18H29N5O4/c1-2-3-4-5-6-7-8-12-21-16(19)13-17(22-12)23(10-20-13)18-15(26)14(25)11(9-24)27-18/h10-11,14-15,18,24-26H,2-9H2,1H3,(H2,19,21,22)/t11-,14-,15-,18?/m1/s1. The molecule has 150 valence electrons. The third-order valence-corrected chi connectivity index (χ3v) is 5.04. The van der Waals surface area contributed by atoms with Crippen LogP contribution in [0.25, 0.3) is 11.2 Å². The fourth-order valence-corrected chi connectivity index (χ4v) is 3.46. The predicted molar refractivity (Wildman–Crippen MR) is 99.8 cm³/mol. The Hall–Kier alpha value is -1.81. The molecule has 0 amide bonds. The van der Waals surface area contributed by atoms with Gasteiger partial charge in [0.25, 0.3) is 0 Å². The van der Waals surface area contributed by atoms with Crippen LogP contribution in [0.5, 0.6) is 0 Å². The van der Waals surface area contributed by atoms with E-state index in [-0.39, 0.29) is 12.4 Å². The van der Waals surface area contributed by atoms with E-state index in [2.05, 4.69) is 21.9 Å². The zero-order valence-electron chi connectivity index (χ0n) is 15.7. The van der Waals surface area contributed by atoms with Crippen LogP contribution in [0.3, 0.4) is 0 Å². The Morgan fingerprint density at radius 3 is 2.56 bits per heavy atom. The van der Waals surface area contributed by atoms with Crippen LogP contribution in [0.15, 0.2) is 6.33 Å². The Kier molecular flexibility index (Phi) is 6.59. The number of aliphatic hydroxyl groups excluding tert-OH is 3. The van der Waals surface area contributed by atoms with Crippen LogP contribution in [0.2, 0.25) is 0 Å². The number of nitrogen functional groups attached to an aromatic ring is 1. The average molecular weight is 379 g/mol. The highest BCUT2D eigenvalue weighted by atomic mass is 16.6. The fourth-order valence-electron chi connectivity index (χ4n) is 3.46. The molecule has 1 aliphatic heterocycles. The summed E-state index contributed by atoms with van der Waals surface area (Å²) in [5.74, 6) is 0.912. The smallest absolute Gasteiger partial charge is 0.167 e. The molecule has 0 radical (unpaired) electrons. The minimum atomic E-state index is -1.20. The minimum absolute atomic E-state index is 0.284. The van der Waals surface area contributed by atoms with Crippen molar-refractivity contribution in [3.05, 3.63) is 12.2 Å². The van der Waals surface area contributed by atoms with Crippen molar-refractivity contribution in [2.75, 3.05) is 12.3 Å². The average Bonchev–Trinajstić information content (AvgIpc) is 3.20. The summed E-state index contributed by atoms with van der Waals surface area (Å²) in [5, 5.41) is 29.5. The zero-order chi connectivity index (χ0) is 19.4. The summed E-state index contributed by atoms with van der Waals surface area (Å²) in [6, 6.07) is 0. The maximum atomic E-state index is 10.3. The number of rotatable bonds is 9. The van der Waals surface area contributed by atoms with Crippen molar-refractivity contribution in [1.82, 2.24) is 19.5 Å².